The summed E-state index contributed by atoms with van der Waals surface area (Å²) in [6.45, 7) is 3.42. The smallest absolute Gasteiger partial charge is 0.369 e. The Labute approximate surface area is 173 Å². The summed E-state index contributed by atoms with van der Waals surface area (Å²) in [5.74, 6) is -0.811. The van der Waals surface area contributed by atoms with E-state index in [1.807, 2.05) is 0 Å². The van der Waals surface area contributed by atoms with Gasteiger partial charge in [-0.1, -0.05) is 26.0 Å². The Balaban J connectivity index is 2.21. The van der Waals surface area contributed by atoms with Gasteiger partial charge in [0.15, 0.2) is 6.17 Å². The summed E-state index contributed by atoms with van der Waals surface area (Å²) >= 11 is 0. The van der Waals surface area contributed by atoms with Crippen LogP contribution in [0.1, 0.15) is 38.7 Å². The highest BCUT2D eigenvalue weighted by molar-refractivity contribution is 5.94. The number of carbonyl (C=O) groups excluding carboxylic acids is 1. The highest BCUT2D eigenvalue weighted by atomic mass is 19.4. The lowest BCUT2D eigenvalue weighted by atomic mass is 9.92. The second-order valence-corrected chi connectivity index (χ2v) is 7.28. The maximum absolute atomic E-state index is 13.0. The van der Waals surface area contributed by atoms with Gasteiger partial charge in [-0.05, 0) is 41.8 Å². The molecule has 0 aromatic heterocycles. The third kappa shape index (κ3) is 5.38. The van der Waals surface area contributed by atoms with Crippen LogP contribution in [0, 0.1) is 5.92 Å². The Bertz CT molecular complexity index is 794. The fourth-order valence-electron chi connectivity index (χ4n) is 2.95. The average Bonchev–Trinajstić information content (AvgIpc) is 3.19. The first-order chi connectivity index (χ1) is 14.3. The van der Waals surface area contributed by atoms with Gasteiger partial charge in [-0.2, -0.15) is 26.3 Å². The quantitative estimate of drug-likeness (QED) is 0.427. The van der Waals surface area contributed by atoms with Crippen molar-refractivity contribution >= 4 is 11.6 Å². The summed E-state index contributed by atoms with van der Waals surface area (Å²) in [4.78, 5) is 13.8. The first-order valence-corrected chi connectivity index (χ1v) is 9.36. The maximum Gasteiger partial charge on any atom is 0.430 e. The molecule has 0 atom stereocenters. The molecule has 1 heterocycles. The molecule has 0 fully saturated rings. The monoisotopic (exact) mass is 453 g/mol. The van der Waals surface area contributed by atoms with E-state index in [1.165, 1.54) is 4.90 Å². The summed E-state index contributed by atoms with van der Waals surface area (Å²) in [5, 5.41) is 23.8. The number of anilines is 1. The molecule has 7 nitrogen and oxygen atoms in total. The van der Waals surface area contributed by atoms with E-state index < -0.39 is 35.6 Å². The molecule has 0 unspecified atom stereocenters. The average molecular weight is 453 g/mol. The predicted octanol–water partition coefficient (Wildman–Crippen LogP) is 5.32. The van der Waals surface area contributed by atoms with E-state index >= 15 is 0 Å². The number of carbonyl (C=O) groups is 1. The van der Waals surface area contributed by atoms with Crippen molar-refractivity contribution in [3.63, 3.8) is 0 Å². The van der Waals surface area contributed by atoms with Crippen LogP contribution in [-0.2, 0) is 10.4 Å². The molecule has 0 bridgehead atoms. The van der Waals surface area contributed by atoms with Crippen molar-refractivity contribution in [2.75, 3.05) is 11.4 Å². The summed E-state index contributed by atoms with van der Waals surface area (Å²) in [7, 11) is 0. The zero-order valence-electron chi connectivity index (χ0n) is 16.7. The first-order valence-electron chi connectivity index (χ1n) is 9.36. The van der Waals surface area contributed by atoms with Crippen molar-refractivity contribution in [3.05, 3.63) is 29.8 Å². The zero-order chi connectivity index (χ0) is 23.4. The topological polar surface area (TPSA) is 90.0 Å². The minimum atomic E-state index is -5.98. The molecule has 31 heavy (non-hydrogen) atoms. The normalized spacial score (nSPS) is 15.2. The van der Waals surface area contributed by atoms with Crippen LogP contribution in [0.4, 0.5) is 32.0 Å². The second-order valence-electron chi connectivity index (χ2n) is 7.28. The molecule has 1 N–H and O–H groups in total. The van der Waals surface area contributed by atoms with Gasteiger partial charge in [-0.25, -0.2) is 0 Å². The van der Waals surface area contributed by atoms with Gasteiger partial charge in [-0.15, -0.1) is 10.2 Å². The Kier molecular flexibility index (Phi) is 7.40. The third-order valence-electron chi connectivity index (χ3n) is 4.68. The van der Waals surface area contributed by atoms with E-state index in [1.54, 1.807) is 13.8 Å². The van der Waals surface area contributed by atoms with Crippen LogP contribution in [0.5, 0.6) is 0 Å². The Morgan fingerprint density at radius 2 is 1.52 bits per heavy atom. The van der Waals surface area contributed by atoms with Crippen LogP contribution in [-0.4, -0.2) is 36.1 Å². The van der Waals surface area contributed by atoms with Gasteiger partial charge < -0.3 is 10.0 Å². The van der Waals surface area contributed by atoms with Crippen LogP contribution < -0.4 is 4.90 Å². The highest BCUT2D eigenvalue weighted by Gasteiger charge is 2.71. The molecule has 1 aromatic carbocycles. The van der Waals surface area contributed by atoms with Crippen molar-refractivity contribution in [2.45, 2.75) is 57.2 Å². The fraction of sp³-hybridized carbons (Fsp3) is 0.611. The van der Waals surface area contributed by atoms with Crippen LogP contribution in [0.2, 0.25) is 0 Å². The minimum Gasteiger partial charge on any atom is -0.369 e. The lowest BCUT2D eigenvalue weighted by molar-refractivity contribution is -0.376. The maximum atomic E-state index is 13.0. The van der Waals surface area contributed by atoms with Gasteiger partial charge >= 0.3 is 12.4 Å². The van der Waals surface area contributed by atoms with Crippen molar-refractivity contribution < 1.29 is 36.2 Å². The van der Waals surface area contributed by atoms with Gasteiger partial charge in [0.05, 0.1) is 0 Å². The van der Waals surface area contributed by atoms with Crippen LogP contribution in [0.15, 0.2) is 44.9 Å². The number of unbranched alkanes of at least 4 members (excludes halogenated alkanes) is 1. The number of halogens is 6. The number of alkyl halides is 6. The Morgan fingerprint density at radius 1 is 1.00 bits per heavy atom. The molecule has 1 aliphatic heterocycles. The summed E-state index contributed by atoms with van der Waals surface area (Å²) in [6, 6.07) is 2.96. The molecule has 1 amide bonds. The minimum absolute atomic E-state index is 0.120. The molecular formula is C18H21F6N5O2. The molecule has 1 aromatic rings. The van der Waals surface area contributed by atoms with Crippen LogP contribution in [0.3, 0.4) is 0 Å². The van der Waals surface area contributed by atoms with E-state index in [9.17, 15) is 36.2 Å². The lowest BCUT2D eigenvalue weighted by Gasteiger charge is -2.33. The van der Waals surface area contributed by atoms with E-state index in [0.29, 0.717) is 31.4 Å². The van der Waals surface area contributed by atoms with Gasteiger partial charge in [0, 0.05) is 23.7 Å². The molecular weight excluding hydrogens is 432 g/mol. The molecule has 0 aliphatic carbocycles. The largest absolute Gasteiger partial charge is 0.430 e. The van der Waals surface area contributed by atoms with Crippen LogP contribution in [0.25, 0.3) is 0 Å². The molecule has 2 rings (SSSR count). The fourth-order valence-corrected chi connectivity index (χ4v) is 2.95. The van der Waals surface area contributed by atoms with Gasteiger partial charge in [-0.3, -0.25) is 4.79 Å². The lowest BCUT2D eigenvalue weighted by Crippen LogP contribution is -2.53. The number of hydrogen-bond acceptors (Lipinski definition) is 6. The number of nitrogens with zero attached hydrogens (tertiary/aromatic N) is 5. The van der Waals surface area contributed by atoms with Gasteiger partial charge in [0.25, 0.3) is 5.60 Å². The number of amides is 1. The standard InChI is InChI=1S/C18H21F6N5O2/c1-11(2)15(30)29(10-4-3-5-14-25-27-28-26-14)13-8-6-12(7-9-13)16(31,17(19,20)21)18(22,23)24/h6-9,11,14,31H,3-5,10H2,1-2H3. The van der Waals surface area contributed by atoms with Gasteiger partial charge in [0.2, 0.25) is 5.91 Å². The summed E-state index contributed by atoms with van der Waals surface area (Å²) in [5.41, 5.74) is -6.28. The van der Waals surface area contributed by atoms with E-state index in [4.69, 9.17) is 0 Å². The molecule has 0 spiro atoms. The Morgan fingerprint density at radius 3 is 1.97 bits per heavy atom. The highest BCUT2D eigenvalue weighted by Crippen LogP contribution is 2.50. The van der Waals surface area contributed by atoms with E-state index in [2.05, 4.69) is 20.7 Å². The SMILES string of the molecule is CC(C)C(=O)N(CCCCC1N=NN=N1)c1ccc(C(O)(C(F)(F)F)C(F)(F)F)cc1. The van der Waals surface area contributed by atoms with E-state index in [-0.39, 0.29) is 18.1 Å². The Hall–Kier alpha value is -2.57. The van der Waals surface area contributed by atoms with Crippen molar-refractivity contribution in [1.82, 2.24) is 0 Å². The van der Waals surface area contributed by atoms with Crippen molar-refractivity contribution in [2.24, 2.45) is 26.6 Å². The number of hydrogen-bond donors (Lipinski definition) is 1. The molecule has 0 radical (unpaired) electrons. The zero-order valence-corrected chi connectivity index (χ0v) is 16.7. The molecule has 172 valence electrons. The second kappa shape index (κ2) is 9.28. The predicted molar refractivity (Wildman–Crippen MR) is 97.0 cm³/mol. The molecule has 13 heteroatoms. The number of benzene rings is 1. The van der Waals surface area contributed by atoms with Crippen LogP contribution >= 0.6 is 0 Å². The molecule has 0 saturated carbocycles. The molecule has 1 aliphatic rings. The van der Waals surface area contributed by atoms with Crippen molar-refractivity contribution in [3.8, 4) is 0 Å². The van der Waals surface area contributed by atoms with Crippen molar-refractivity contribution in [1.29, 1.82) is 0 Å². The summed E-state index contributed by atoms with van der Waals surface area (Å²) < 4.78 is 78.3. The third-order valence-corrected chi connectivity index (χ3v) is 4.68. The van der Waals surface area contributed by atoms with E-state index in [0.717, 1.165) is 12.1 Å². The number of aliphatic hydroxyl groups is 1. The molecule has 0 saturated heterocycles. The van der Waals surface area contributed by atoms with Gasteiger partial charge in [0.1, 0.15) is 0 Å². The summed E-state index contributed by atoms with van der Waals surface area (Å²) in [6.07, 6.45) is -10.7. The number of rotatable bonds is 8. The first kappa shape index (κ1) is 24.7.